The van der Waals surface area contributed by atoms with E-state index in [4.69, 9.17) is 9.68 Å². The van der Waals surface area contributed by atoms with Crippen molar-refractivity contribution in [1.29, 1.82) is 5.26 Å². The summed E-state index contributed by atoms with van der Waals surface area (Å²) in [6.45, 7) is -1.86. The predicted molar refractivity (Wildman–Crippen MR) is 122 cm³/mol. The smallest absolute Gasteiger partial charge is 0.352 e. The summed E-state index contributed by atoms with van der Waals surface area (Å²) in [6, 6.07) is 9.14. The standard InChI is InChI=1S/C23H22N4O10/c1-25(18(30)3-2-10-28)36-21(33)13-26(14-22(34)37-27-19(31)8-9-20(27)32)23(35)16(12-24)11-15-4-6-17(29)7-5-15/h4-11,29,31-32H,2-3,13-14H2,1H3. The lowest BCUT2D eigenvalue weighted by molar-refractivity contribution is -0.194. The average Bonchev–Trinajstić information content (AvgIpc) is 3.17. The van der Waals surface area contributed by atoms with E-state index in [0.29, 0.717) is 26.5 Å². The molecular weight excluding hydrogens is 492 g/mol. The van der Waals surface area contributed by atoms with E-state index in [2.05, 4.69) is 0 Å². The van der Waals surface area contributed by atoms with E-state index in [1.54, 1.807) is 6.07 Å². The van der Waals surface area contributed by atoms with E-state index >= 15 is 0 Å². The monoisotopic (exact) mass is 514 g/mol. The number of aromatic nitrogens is 1. The molecule has 0 fully saturated rings. The van der Waals surface area contributed by atoms with Crippen LogP contribution in [-0.2, 0) is 28.8 Å². The van der Waals surface area contributed by atoms with E-state index in [0.717, 1.165) is 25.3 Å². The SMILES string of the molecule is CN(OC(=O)CN(CC(=O)On1c(O)ccc1O)C(=O)C(C#N)=Cc1ccc(O)cc1)C(=O)CCC=O. The Labute approximate surface area is 209 Å². The van der Waals surface area contributed by atoms with Crippen molar-refractivity contribution in [3.63, 3.8) is 0 Å². The number of nitriles is 1. The third-order valence-corrected chi connectivity index (χ3v) is 4.54. The lowest BCUT2D eigenvalue weighted by Gasteiger charge is -2.22. The molecule has 0 spiro atoms. The van der Waals surface area contributed by atoms with Crippen molar-refractivity contribution in [2.75, 3.05) is 20.1 Å². The van der Waals surface area contributed by atoms with E-state index in [9.17, 15) is 44.6 Å². The van der Waals surface area contributed by atoms with Gasteiger partial charge in [-0.3, -0.25) is 9.59 Å². The fourth-order valence-corrected chi connectivity index (χ4v) is 2.76. The van der Waals surface area contributed by atoms with Gasteiger partial charge in [0.05, 0.1) is 0 Å². The molecule has 1 aromatic carbocycles. The zero-order valence-electron chi connectivity index (χ0n) is 19.4. The number of phenolic OH excluding ortho intramolecular Hbond substituents is 1. The fourth-order valence-electron chi connectivity index (χ4n) is 2.76. The number of carbonyl (C=O) groups excluding carboxylic acids is 5. The fraction of sp³-hybridized carbons (Fsp3) is 0.217. The number of phenols is 1. The Morgan fingerprint density at radius 3 is 2.16 bits per heavy atom. The van der Waals surface area contributed by atoms with Gasteiger partial charge in [0.25, 0.3) is 11.8 Å². The van der Waals surface area contributed by atoms with Gasteiger partial charge >= 0.3 is 11.9 Å². The Hall–Kier alpha value is -5.32. The molecule has 3 N–H and O–H groups in total. The van der Waals surface area contributed by atoms with E-state index < -0.39 is 54.2 Å². The van der Waals surface area contributed by atoms with Crippen LogP contribution in [0.3, 0.4) is 0 Å². The number of nitrogens with zero attached hydrogens (tertiary/aromatic N) is 4. The van der Waals surface area contributed by atoms with Crippen molar-refractivity contribution in [2.24, 2.45) is 0 Å². The van der Waals surface area contributed by atoms with Gasteiger partial charge in [-0.15, -0.1) is 4.73 Å². The van der Waals surface area contributed by atoms with Gasteiger partial charge in [-0.1, -0.05) is 12.1 Å². The molecule has 2 aromatic rings. The molecule has 37 heavy (non-hydrogen) atoms. The second-order valence-electron chi connectivity index (χ2n) is 7.29. The second kappa shape index (κ2) is 13.0. The maximum absolute atomic E-state index is 13.1. The van der Waals surface area contributed by atoms with Crippen molar-refractivity contribution in [1.82, 2.24) is 14.7 Å². The molecule has 1 aromatic heterocycles. The summed E-state index contributed by atoms with van der Waals surface area (Å²) in [7, 11) is 1.11. The van der Waals surface area contributed by atoms with E-state index in [1.807, 2.05) is 0 Å². The maximum Gasteiger partial charge on any atom is 0.352 e. The minimum absolute atomic E-state index is 0.0579. The normalized spacial score (nSPS) is 10.6. The van der Waals surface area contributed by atoms with Gasteiger partial charge < -0.3 is 34.7 Å². The molecule has 0 saturated heterocycles. The lowest BCUT2D eigenvalue weighted by atomic mass is 10.1. The van der Waals surface area contributed by atoms with Crippen LogP contribution in [0, 0.1) is 11.3 Å². The highest BCUT2D eigenvalue weighted by Gasteiger charge is 2.27. The largest absolute Gasteiger partial charge is 0.508 e. The Balaban J connectivity index is 2.25. The summed E-state index contributed by atoms with van der Waals surface area (Å²) < 4.78 is 0.361. The van der Waals surface area contributed by atoms with Crippen molar-refractivity contribution < 1.29 is 49.0 Å². The molecule has 194 valence electrons. The summed E-state index contributed by atoms with van der Waals surface area (Å²) in [6.07, 6.45) is 1.30. The molecule has 2 rings (SSSR count). The minimum Gasteiger partial charge on any atom is -0.508 e. The molecule has 0 aliphatic carbocycles. The number of aldehydes is 1. The summed E-state index contributed by atoms with van der Waals surface area (Å²) in [4.78, 5) is 70.4. The van der Waals surface area contributed by atoms with Crippen molar-refractivity contribution in [3.8, 4) is 23.6 Å². The maximum atomic E-state index is 13.1. The summed E-state index contributed by atoms with van der Waals surface area (Å²) in [5.41, 5.74) is -0.163. The van der Waals surface area contributed by atoms with Gasteiger partial charge in [0.1, 0.15) is 36.8 Å². The van der Waals surface area contributed by atoms with Crippen LogP contribution in [0.15, 0.2) is 42.0 Å². The van der Waals surface area contributed by atoms with Crippen LogP contribution in [0.2, 0.25) is 0 Å². The van der Waals surface area contributed by atoms with Crippen LogP contribution < -0.4 is 4.84 Å². The van der Waals surface area contributed by atoms with Crippen LogP contribution >= 0.6 is 0 Å². The van der Waals surface area contributed by atoms with Crippen LogP contribution in [0.1, 0.15) is 18.4 Å². The summed E-state index contributed by atoms with van der Waals surface area (Å²) in [5.74, 6) is -5.52. The van der Waals surface area contributed by atoms with Gasteiger partial charge in [-0.2, -0.15) is 10.3 Å². The van der Waals surface area contributed by atoms with Crippen molar-refractivity contribution in [3.05, 3.63) is 47.5 Å². The van der Waals surface area contributed by atoms with Crippen LogP contribution in [0.5, 0.6) is 17.5 Å². The number of carbonyl (C=O) groups is 5. The number of hydrogen-bond acceptors (Lipinski definition) is 11. The van der Waals surface area contributed by atoms with E-state index in [-0.39, 0.29) is 18.6 Å². The van der Waals surface area contributed by atoms with Gasteiger partial charge in [0.2, 0.25) is 11.8 Å². The van der Waals surface area contributed by atoms with Gasteiger partial charge in [0.15, 0.2) is 0 Å². The quantitative estimate of drug-likeness (QED) is 0.165. The molecule has 2 amide bonds. The van der Waals surface area contributed by atoms with Crippen molar-refractivity contribution >= 4 is 36.1 Å². The highest BCUT2D eigenvalue weighted by molar-refractivity contribution is 6.04. The number of aromatic hydroxyl groups is 3. The Morgan fingerprint density at radius 1 is 1.00 bits per heavy atom. The first-order valence-corrected chi connectivity index (χ1v) is 10.5. The van der Waals surface area contributed by atoms with Gasteiger partial charge in [-0.05, 0) is 23.8 Å². The zero-order chi connectivity index (χ0) is 27.5. The predicted octanol–water partition coefficient (Wildman–Crippen LogP) is -0.108. The summed E-state index contributed by atoms with van der Waals surface area (Å²) >= 11 is 0. The van der Waals surface area contributed by atoms with Crippen LogP contribution in [-0.4, -0.2) is 80.2 Å². The zero-order valence-corrected chi connectivity index (χ0v) is 19.4. The molecule has 0 unspecified atom stereocenters. The molecular formula is C23H22N4O10. The first-order valence-electron chi connectivity index (χ1n) is 10.5. The molecule has 14 heteroatoms. The highest BCUT2D eigenvalue weighted by Crippen LogP contribution is 2.19. The molecule has 0 saturated carbocycles. The van der Waals surface area contributed by atoms with Gasteiger partial charge in [-0.25, -0.2) is 9.59 Å². The van der Waals surface area contributed by atoms with Crippen LogP contribution in [0.4, 0.5) is 0 Å². The Bertz CT molecular complexity index is 1220. The molecule has 0 aliphatic heterocycles. The molecule has 14 nitrogen and oxygen atoms in total. The third-order valence-electron chi connectivity index (χ3n) is 4.54. The Morgan fingerprint density at radius 2 is 1.59 bits per heavy atom. The molecule has 0 aliphatic rings. The average molecular weight is 514 g/mol. The van der Waals surface area contributed by atoms with Gasteiger partial charge in [0, 0.05) is 32.0 Å². The topological polar surface area (TPSA) is 200 Å². The van der Waals surface area contributed by atoms with Crippen LogP contribution in [0.25, 0.3) is 6.08 Å². The molecule has 1 heterocycles. The minimum atomic E-state index is -1.22. The third kappa shape index (κ3) is 8.14. The molecule has 0 atom stereocenters. The van der Waals surface area contributed by atoms with E-state index in [1.165, 1.54) is 24.3 Å². The Kier molecular flexibility index (Phi) is 9.77. The number of hydroxylamine groups is 2. The lowest BCUT2D eigenvalue weighted by Crippen LogP contribution is -2.44. The number of benzene rings is 1. The highest BCUT2D eigenvalue weighted by atomic mass is 16.7. The number of hydrogen-bond donors (Lipinski definition) is 3. The first-order chi connectivity index (χ1) is 17.5. The second-order valence-corrected chi connectivity index (χ2v) is 7.29. The molecule has 0 bridgehead atoms. The first kappa shape index (κ1) is 27.9. The summed E-state index contributed by atoms with van der Waals surface area (Å²) in [5, 5.41) is 38.7. The number of rotatable bonds is 10. The van der Waals surface area contributed by atoms with Crippen molar-refractivity contribution in [2.45, 2.75) is 12.8 Å². The number of amides is 2. The molecule has 0 radical (unpaired) electrons.